The Morgan fingerprint density at radius 2 is 1.19 bits per heavy atom. The quantitative estimate of drug-likeness (QED) is 0.247. The number of rotatable bonds is 1. The van der Waals surface area contributed by atoms with Crippen LogP contribution < -0.4 is 0 Å². The number of hydrogen-bond acceptors (Lipinski definition) is 2. The number of aromatic nitrogens is 1. The van der Waals surface area contributed by atoms with E-state index in [0.717, 1.165) is 5.69 Å². The van der Waals surface area contributed by atoms with Gasteiger partial charge in [0.2, 0.25) is 0 Å². The lowest BCUT2D eigenvalue weighted by molar-refractivity contribution is 1.36. The molecule has 0 amide bonds. The van der Waals surface area contributed by atoms with Crippen molar-refractivity contribution in [2.24, 2.45) is 0 Å². The van der Waals surface area contributed by atoms with Crippen molar-refractivity contribution < 1.29 is 0 Å². The van der Waals surface area contributed by atoms with Crippen molar-refractivity contribution >= 4 is 63.8 Å². The summed E-state index contributed by atoms with van der Waals surface area (Å²) in [5.41, 5.74) is 2.21. The maximum atomic E-state index is 4.82. The van der Waals surface area contributed by atoms with Crippen molar-refractivity contribution in [3.8, 4) is 11.3 Å². The summed E-state index contributed by atoms with van der Waals surface area (Å²) >= 11 is 1.85. The Balaban J connectivity index is 1.53. The summed E-state index contributed by atoms with van der Waals surface area (Å²) < 4.78 is 2.65. The molecule has 0 atom stereocenters. The van der Waals surface area contributed by atoms with E-state index in [1.165, 1.54) is 58.1 Å². The topological polar surface area (TPSA) is 12.9 Å². The maximum Gasteiger partial charge on any atom is 0.0780 e. The first-order chi connectivity index (χ1) is 15.4. The monoisotopic (exact) mass is 411 g/mol. The summed E-state index contributed by atoms with van der Waals surface area (Å²) in [5.74, 6) is 0. The van der Waals surface area contributed by atoms with E-state index in [1.807, 2.05) is 17.5 Å². The first-order valence-corrected chi connectivity index (χ1v) is 11.3. The minimum absolute atomic E-state index is 1.05. The molecule has 0 saturated carbocycles. The second kappa shape index (κ2) is 6.37. The van der Waals surface area contributed by atoms with Crippen LogP contribution in [0.3, 0.4) is 0 Å². The normalized spacial score (nSPS) is 11.9. The molecule has 0 fully saturated rings. The summed E-state index contributed by atoms with van der Waals surface area (Å²) in [6.45, 7) is 0. The molecular formula is C29H17NS. The van der Waals surface area contributed by atoms with E-state index in [2.05, 4.69) is 97.1 Å². The maximum absolute atomic E-state index is 4.82. The molecule has 2 aromatic heterocycles. The predicted molar refractivity (Wildman–Crippen MR) is 135 cm³/mol. The van der Waals surface area contributed by atoms with E-state index in [-0.39, 0.29) is 0 Å². The lowest BCUT2D eigenvalue weighted by Gasteiger charge is -2.11. The summed E-state index contributed by atoms with van der Waals surface area (Å²) in [7, 11) is 0. The molecule has 7 aromatic rings. The fraction of sp³-hybridized carbons (Fsp3) is 0. The van der Waals surface area contributed by atoms with E-state index in [9.17, 15) is 0 Å². The van der Waals surface area contributed by atoms with Gasteiger partial charge in [-0.05, 0) is 51.2 Å². The second-order valence-corrected chi connectivity index (χ2v) is 9.09. The average Bonchev–Trinajstić information content (AvgIpc) is 3.21. The van der Waals surface area contributed by atoms with Gasteiger partial charge in [-0.25, -0.2) is 0 Å². The highest BCUT2D eigenvalue weighted by molar-refractivity contribution is 7.25. The van der Waals surface area contributed by atoms with Gasteiger partial charge in [0.05, 0.1) is 5.69 Å². The van der Waals surface area contributed by atoms with E-state index in [4.69, 9.17) is 4.98 Å². The molecule has 5 aromatic carbocycles. The van der Waals surface area contributed by atoms with Crippen molar-refractivity contribution in [2.45, 2.75) is 0 Å². The third kappa shape index (κ3) is 2.46. The molecule has 0 saturated heterocycles. The van der Waals surface area contributed by atoms with Crippen LogP contribution in [-0.4, -0.2) is 4.98 Å². The van der Waals surface area contributed by atoms with Crippen LogP contribution in [0.4, 0.5) is 0 Å². The third-order valence-corrected chi connectivity index (χ3v) is 7.47. The van der Waals surface area contributed by atoms with Gasteiger partial charge in [-0.15, -0.1) is 11.3 Å². The van der Waals surface area contributed by atoms with Crippen LogP contribution in [0, 0.1) is 0 Å². The second-order valence-electron chi connectivity index (χ2n) is 8.01. The molecular weight excluding hydrogens is 394 g/mol. The molecule has 0 spiro atoms. The highest BCUT2D eigenvalue weighted by Gasteiger charge is 2.12. The summed E-state index contributed by atoms with van der Waals surface area (Å²) in [6.07, 6.45) is 1.95. The number of fused-ring (bicyclic) bond motifs is 8. The van der Waals surface area contributed by atoms with Gasteiger partial charge in [0.25, 0.3) is 0 Å². The van der Waals surface area contributed by atoms with Gasteiger partial charge >= 0.3 is 0 Å². The van der Waals surface area contributed by atoms with Crippen LogP contribution in [-0.2, 0) is 0 Å². The standard InChI is InChI=1S/C29H17NS/c1-2-6-20-18(5-1)9-11-22-21(20)12-13-25-23(22)15-16-30-29(25)19-10-14-28-26(17-19)24-7-3-4-8-27(24)31-28/h1-17H. The summed E-state index contributed by atoms with van der Waals surface area (Å²) in [4.78, 5) is 4.82. The minimum atomic E-state index is 1.05. The molecule has 0 aliphatic heterocycles. The lowest BCUT2D eigenvalue weighted by Crippen LogP contribution is -1.88. The van der Waals surface area contributed by atoms with E-state index >= 15 is 0 Å². The van der Waals surface area contributed by atoms with Gasteiger partial charge < -0.3 is 0 Å². The number of thiophene rings is 1. The van der Waals surface area contributed by atoms with E-state index in [0.29, 0.717) is 0 Å². The van der Waals surface area contributed by atoms with E-state index in [1.54, 1.807) is 0 Å². The van der Waals surface area contributed by atoms with Crippen molar-refractivity contribution in [1.29, 1.82) is 0 Å². The van der Waals surface area contributed by atoms with Gasteiger partial charge in [-0.2, -0.15) is 0 Å². The molecule has 31 heavy (non-hydrogen) atoms. The molecule has 7 rings (SSSR count). The summed E-state index contributed by atoms with van der Waals surface area (Å²) in [5, 5.41) is 10.2. The lowest BCUT2D eigenvalue weighted by atomic mass is 9.95. The zero-order valence-corrected chi connectivity index (χ0v) is 17.5. The van der Waals surface area contributed by atoms with Crippen molar-refractivity contribution in [2.75, 3.05) is 0 Å². The highest BCUT2D eigenvalue weighted by atomic mass is 32.1. The zero-order chi connectivity index (χ0) is 20.4. The molecule has 0 bridgehead atoms. The Bertz CT molecular complexity index is 1790. The molecule has 144 valence electrons. The Labute approximate surface area is 183 Å². The van der Waals surface area contributed by atoms with Crippen molar-refractivity contribution in [3.63, 3.8) is 0 Å². The van der Waals surface area contributed by atoms with Crippen LogP contribution in [0.1, 0.15) is 0 Å². The molecule has 0 aliphatic carbocycles. The van der Waals surface area contributed by atoms with Crippen LogP contribution in [0.15, 0.2) is 103 Å². The van der Waals surface area contributed by atoms with E-state index < -0.39 is 0 Å². The zero-order valence-electron chi connectivity index (χ0n) is 16.7. The minimum Gasteiger partial charge on any atom is -0.256 e. The SMILES string of the molecule is c1ccc2c(c1)ccc1c3ccnc(-c4ccc5sc6ccccc6c5c4)c3ccc21. The van der Waals surface area contributed by atoms with Gasteiger partial charge in [0.1, 0.15) is 0 Å². The Hall–Kier alpha value is -3.75. The molecule has 0 unspecified atom stereocenters. The van der Waals surface area contributed by atoms with Gasteiger partial charge in [0.15, 0.2) is 0 Å². The fourth-order valence-electron chi connectivity index (χ4n) is 4.86. The molecule has 0 N–H and O–H groups in total. The van der Waals surface area contributed by atoms with Crippen molar-refractivity contribution in [3.05, 3.63) is 103 Å². The largest absolute Gasteiger partial charge is 0.256 e. The Morgan fingerprint density at radius 1 is 0.484 bits per heavy atom. The van der Waals surface area contributed by atoms with Crippen LogP contribution in [0.2, 0.25) is 0 Å². The van der Waals surface area contributed by atoms with Crippen LogP contribution >= 0.6 is 11.3 Å². The van der Waals surface area contributed by atoms with Crippen LogP contribution in [0.25, 0.3) is 63.7 Å². The van der Waals surface area contributed by atoms with Crippen LogP contribution in [0.5, 0.6) is 0 Å². The van der Waals surface area contributed by atoms with Gasteiger partial charge in [-0.1, -0.05) is 72.8 Å². The Kier molecular flexibility index (Phi) is 3.49. The molecule has 0 aliphatic rings. The predicted octanol–water partition coefficient (Wildman–Crippen LogP) is 8.58. The van der Waals surface area contributed by atoms with Gasteiger partial charge in [0, 0.05) is 37.3 Å². The van der Waals surface area contributed by atoms with Crippen molar-refractivity contribution in [1.82, 2.24) is 4.98 Å². The number of pyridine rings is 1. The molecule has 0 radical (unpaired) electrons. The van der Waals surface area contributed by atoms with Gasteiger partial charge in [-0.3, -0.25) is 4.98 Å². The Morgan fingerprint density at radius 3 is 2.16 bits per heavy atom. The average molecular weight is 412 g/mol. The molecule has 2 heteroatoms. The number of hydrogen-bond donors (Lipinski definition) is 0. The smallest absolute Gasteiger partial charge is 0.0780 e. The number of nitrogens with zero attached hydrogens (tertiary/aromatic N) is 1. The number of benzene rings is 5. The first kappa shape index (κ1) is 17.0. The summed E-state index contributed by atoms with van der Waals surface area (Å²) in [6, 6.07) is 35.1. The molecule has 2 heterocycles. The fourth-order valence-corrected chi connectivity index (χ4v) is 5.94. The molecule has 1 nitrogen and oxygen atoms in total. The highest BCUT2D eigenvalue weighted by Crippen LogP contribution is 2.38. The third-order valence-electron chi connectivity index (χ3n) is 6.32. The first-order valence-electron chi connectivity index (χ1n) is 10.5.